The molecule has 0 amide bonds. The van der Waals surface area contributed by atoms with Gasteiger partial charge in [0.2, 0.25) is 0 Å². The van der Waals surface area contributed by atoms with Gasteiger partial charge >= 0.3 is 5.97 Å². The van der Waals surface area contributed by atoms with Crippen molar-refractivity contribution in [1.82, 2.24) is 9.97 Å². The first-order chi connectivity index (χ1) is 9.88. The molecule has 0 fully saturated rings. The molecule has 2 aromatic rings. The number of carbonyl (C=O) groups is 1. The average molecular weight is 305 g/mol. The van der Waals surface area contributed by atoms with Crippen LogP contribution in [0.2, 0.25) is 5.02 Å². The lowest BCUT2D eigenvalue weighted by Gasteiger charge is -2.12. The van der Waals surface area contributed by atoms with Gasteiger partial charge in [0.25, 0.3) is 0 Å². The smallest absolute Gasteiger partial charge is 0.354 e. The fraction of sp³-hybridized carbons (Fsp3) is 0.133. The molecule has 0 atom stereocenters. The predicted octanol–water partition coefficient (Wildman–Crippen LogP) is 3.72. The Morgan fingerprint density at radius 1 is 1.33 bits per heavy atom. The maximum atomic E-state index is 11.0. The van der Waals surface area contributed by atoms with Gasteiger partial charge in [-0.2, -0.15) is 0 Å². The minimum absolute atomic E-state index is 0.0842. The lowest BCUT2D eigenvalue weighted by Crippen LogP contribution is -2.01. The number of hydrogen-bond donors (Lipinski definition) is 1. The first kappa shape index (κ1) is 15.0. The van der Waals surface area contributed by atoms with Crippen molar-refractivity contribution in [3.8, 4) is 17.0 Å². The summed E-state index contributed by atoms with van der Waals surface area (Å²) in [5.41, 5.74) is 1.79. The van der Waals surface area contributed by atoms with Crippen molar-refractivity contribution in [1.29, 1.82) is 0 Å². The molecule has 5 nitrogen and oxygen atoms in total. The van der Waals surface area contributed by atoms with Crippen LogP contribution < -0.4 is 4.74 Å². The zero-order valence-electron chi connectivity index (χ0n) is 11.6. The Hall–Kier alpha value is -2.40. The van der Waals surface area contributed by atoms with E-state index in [1.807, 2.05) is 6.92 Å². The van der Waals surface area contributed by atoms with E-state index in [1.165, 1.54) is 12.4 Å². The Kier molecular flexibility index (Phi) is 4.23. The van der Waals surface area contributed by atoms with Crippen LogP contribution in [0.5, 0.6) is 5.75 Å². The van der Waals surface area contributed by atoms with Gasteiger partial charge in [-0.25, -0.2) is 14.8 Å². The number of ether oxygens (including phenoxy) is 1. The van der Waals surface area contributed by atoms with Crippen molar-refractivity contribution in [2.24, 2.45) is 0 Å². The molecule has 2 rings (SSSR count). The minimum atomic E-state index is -1.12. The first-order valence-electron chi connectivity index (χ1n) is 6.07. The van der Waals surface area contributed by atoms with Crippen LogP contribution in [-0.2, 0) is 0 Å². The van der Waals surface area contributed by atoms with Gasteiger partial charge in [-0.3, -0.25) is 0 Å². The quantitative estimate of drug-likeness (QED) is 0.872. The summed E-state index contributed by atoms with van der Waals surface area (Å²) in [6.07, 6.45) is 1.20. The summed E-state index contributed by atoms with van der Waals surface area (Å²) in [7, 11) is 0. The summed E-state index contributed by atoms with van der Waals surface area (Å²) in [6.45, 7) is 7.25. The number of benzene rings is 1. The van der Waals surface area contributed by atoms with E-state index in [9.17, 15) is 4.79 Å². The topological polar surface area (TPSA) is 72.3 Å². The van der Waals surface area contributed by atoms with Gasteiger partial charge < -0.3 is 9.84 Å². The van der Waals surface area contributed by atoms with E-state index in [-0.39, 0.29) is 5.69 Å². The van der Waals surface area contributed by atoms with E-state index in [0.717, 1.165) is 5.56 Å². The number of hydrogen-bond acceptors (Lipinski definition) is 4. The standard InChI is InChI=1S/C15H13ClN2O3/c1-8(2)21-14-5-10(4-11(16)9(14)3)12-6-13(15(19)20)18-7-17-12/h4-7H,1H2,2-3H3,(H,19,20). The zero-order valence-corrected chi connectivity index (χ0v) is 12.3. The van der Waals surface area contributed by atoms with Crippen molar-refractivity contribution in [3.63, 3.8) is 0 Å². The number of halogens is 1. The molecule has 0 aliphatic rings. The van der Waals surface area contributed by atoms with Gasteiger partial charge in [0.05, 0.1) is 11.5 Å². The highest BCUT2D eigenvalue weighted by molar-refractivity contribution is 6.31. The lowest BCUT2D eigenvalue weighted by molar-refractivity contribution is 0.0690. The van der Waals surface area contributed by atoms with E-state index in [4.69, 9.17) is 21.4 Å². The molecule has 0 spiro atoms. The summed E-state index contributed by atoms with van der Waals surface area (Å²) in [5.74, 6) is -0.0315. The Labute approximate surface area is 126 Å². The molecule has 1 aromatic heterocycles. The number of aromatic carboxylic acids is 1. The minimum Gasteiger partial charge on any atom is -0.477 e. The van der Waals surface area contributed by atoms with E-state index in [0.29, 0.717) is 27.8 Å². The second-order valence-electron chi connectivity index (χ2n) is 4.48. The van der Waals surface area contributed by atoms with Crippen LogP contribution in [0, 0.1) is 6.92 Å². The monoisotopic (exact) mass is 304 g/mol. The van der Waals surface area contributed by atoms with Crippen molar-refractivity contribution in [3.05, 3.63) is 53.1 Å². The third-order valence-corrected chi connectivity index (χ3v) is 3.16. The Balaban J connectivity index is 2.54. The molecule has 1 heterocycles. The van der Waals surface area contributed by atoms with Gasteiger partial charge in [-0.05, 0) is 32.0 Å². The van der Waals surface area contributed by atoms with E-state index in [1.54, 1.807) is 19.1 Å². The van der Waals surface area contributed by atoms with Crippen LogP contribution in [0.15, 0.2) is 36.9 Å². The molecule has 0 unspecified atom stereocenters. The normalized spacial score (nSPS) is 10.2. The zero-order chi connectivity index (χ0) is 15.6. The third kappa shape index (κ3) is 3.38. The molecule has 6 heteroatoms. The van der Waals surface area contributed by atoms with Crippen LogP contribution in [-0.4, -0.2) is 21.0 Å². The molecule has 21 heavy (non-hydrogen) atoms. The van der Waals surface area contributed by atoms with Crippen LogP contribution in [0.3, 0.4) is 0 Å². The predicted molar refractivity (Wildman–Crippen MR) is 79.6 cm³/mol. The fourth-order valence-electron chi connectivity index (χ4n) is 1.73. The highest BCUT2D eigenvalue weighted by Gasteiger charge is 2.12. The average Bonchev–Trinajstić information content (AvgIpc) is 2.43. The summed E-state index contributed by atoms with van der Waals surface area (Å²) in [4.78, 5) is 18.7. The Morgan fingerprint density at radius 2 is 2.05 bits per heavy atom. The molecule has 0 saturated carbocycles. The molecule has 0 aliphatic carbocycles. The SMILES string of the molecule is C=C(C)Oc1cc(-c2cc(C(=O)O)ncn2)cc(Cl)c1C. The van der Waals surface area contributed by atoms with E-state index in [2.05, 4.69) is 16.5 Å². The van der Waals surface area contributed by atoms with Crippen molar-refractivity contribution in [2.45, 2.75) is 13.8 Å². The van der Waals surface area contributed by atoms with Crippen LogP contribution in [0.25, 0.3) is 11.3 Å². The number of aromatic nitrogens is 2. The summed E-state index contributed by atoms with van der Waals surface area (Å²) in [5, 5.41) is 9.48. The van der Waals surface area contributed by atoms with E-state index < -0.39 is 5.97 Å². The molecule has 108 valence electrons. The number of carboxylic acids is 1. The number of carboxylic acid groups (broad SMARTS) is 1. The van der Waals surface area contributed by atoms with E-state index >= 15 is 0 Å². The summed E-state index contributed by atoms with van der Waals surface area (Å²) in [6, 6.07) is 4.83. The Morgan fingerprint density at radius 3 is 2.67 bits per heavy atom. The fourth-order valence-corrected chi connectivity index (χ4v) is 1.94. The highest BCUT2D eigenvalue weighted by Crippen LogP contribution is 2.33. The molecule has 0 bridgehead atoms. The molecule has 0 radical (unpaired) electrons. The van der Waals surface area contributed by atoms with Crippen molar-refractivity contribution in [2.75, 3.05) is 0 Å². The van der Waals surface area contributed by atoms with Gasteiger partial charge in [-0.15, -0.1) is 0 Å². The molecule has 1 N–H and O–H groups in total. The highest BCUT2D eigenvalue weighted by atomic mass is 35.5. The van der Waals surface area contributed by atoms with Crippen LogP contribution >= 0.6 is 11.6 Å². The first-order valence-corrected chi connectivity index (χ1v) is 6.45. The molecular weight excluding hydrogens is 292 g/mol. The van der Waals surface area contributed by atoms with Gasteiger partial charge in [-0.1, -0.05) is 18.2 Å². The maximum absolute atomic E-state index is 11.0. The Bertz CT molecular complexity index is 729. The van der Waals surface area contributed by atoms with Crippen molar-refractivity contribution >= 4 is 17.6 Å². The summed E-state index contributed by atoms with van der Waals surface area (Å²) < 4.78 is 5.53. The largest absolute Gasteiger partial charge is 0.477 e. The van der Waals surface area contributed by atoms with Crippen LogP contribution in [0.4, 0.5) is 0 Å². The molecule has 0 aliphatic heterocycles. The van der Waals surface area contributed by atoms with Gasteiger partial charge in [0.15, 0.2) is 5.69 Å². The number of rotatable bonds is 4. The second-order valence-corrected chi connectivity index (χ2v) is 4.89. The molecule has 0 saturated heterocycles. The lowest BCUT2D eigenvalue weighted by atomic mass is 10.1. The van der Waals surface area contributed by atoms with Gasteiger partial charge in [0.1, 0.15) is 12.1 Å². The second kappa shape index (κ2) is 5.93. The third-order valence-electron chi connectivity index (χ3n) is 2.76. The molecule has 1 aromatic carbocycles. The number of nitrogens with zero attached hydrogens (tertiary/aromatic N) is 2. The van der Waals surface area contributed by atoms with Crippen molar-refractivity contribution < 1.29 is 14.6 Å². The maximum Gasteiger partial charge on any atom is 0.354 e. The van der Waals surface area contributed by atoms with Crippen LogP contribution in [0.1, 0.15) is 23.0 Å². The summed E-state index contributed by atoms with van der Waals surface area (Å²) >= 11 is 6.19. The molecular formula is C15H13ClN2O3. The van der Waals surface area contributed by atoms with Gasteiger partial charge in [0, 0.05) is 16.1 Å². The number of allylic oxidation sites excluding steroid dienone is 1.